The van der Waals surface area contributed by atoms with E-state index in [0.717, 1.165) is 17.8 Å². The molecule has 0 atom stereocenters. The normalized spacial score (nSPS) is 12.5. The van der Waals surface area contributed by atoms with Crippen LogP contribution in [0.15, 0.2) is 16.3 Å². The van der Waals surface area contributed by atoms with Gasteiger partial charge in [-0.1, -0.05) is 6.92 Å². The van der Waals surface area contributed by atoms with Crippen LogP contribution in [0.1, 0.15) is 18.2 Å². The minimum Gasteiger partial charge on any atom is -0.315 e. The molecule has 1 heterocycles. The first-order valence-electron chi connectivity index (χ1n) is 6.79. The Balaban J connectivity index is 2.85. The van der Waals surface area contributed by atoms with E-state index in [2.05, 4.69) is 10.2 Å². The van der Waals surface area contributed by atoms with Crippen LogP contribution in [-0.4, -0.2) is 58.4 Å². The molecule has 0 aliphatic rings. The third-order valence-electron chi connectivity index (χ3n) is 3.03. The molecule has 1 aromatic rings. The maximum absolute atomic E-state index is 12.7. The molecular weight excluding hydrogens is 294 g/mol. The average Bonchev–Trinajstić information content (AvgIpc) is 2.83. The predicted molar refractivity (Wildman–Crippen MR) is 84.7 cm³/mol. The van der Waals surface area contributed by atoms with E-state index in [4.69, 9.17) is 0 Å². The Labute approximate surface area is 126 Å². The van der Waals surface area contributed by atoms with Gasteiger partial charge in [-0.25, -0.2) is 8.42 Å². The van der Waals surface area contributed by atoms with Crippen molar-refractivity contribution in [3.8, 4) is 0 Å². The second-order valence-electron chi connectivity index (χ2n) is 4.89. The molecule has 0 bridgehead atoms. The van der Waals surface area contributed by atoms with Gasteiger partial charge in [-0.15, -0.1) is 11.3 Å². The lowest BCUT2D eigenvalue weighted by molar-refractivity contribution is 0.356. The molecule has 0 aliphatic heterocycles. The Bertz CT molecular complexity index is 497. The van der Waals surface area contributed by atoms with Crippen LogP contribution in [0.5, 0.6) is 0 Å². The highest BCUT2D eigenvalue weighted by molar-refractivity contribution is 7.89. The van der Waals surface area contributed by atoms with Crippen molar-refractivity contribution in [2.45, 2.75) is 24.8 Å². The molecule has 1 N–H and O–H groups in total. The van der Waals surface area contributed by atoms with Gasteiger partial charge in [0, 0.05) is 24.5 Å². The van der Waals surface area contributed by atoms with E-state index < -0.39 is 10.0 Å². The smallest absolute Gasteiger partial charge is 0.244 e. The minimum atomic E-state index is -3.37. The summed E-state index contributed by atoms with van der Waals surface area (Å²) in [4.78, 5) is 3.39. The maximum atomic E-state index is 12.7. The predicted octanol–water partition coefficient (Wildman–Crippen LogP) is 1.43. The van der Waals surface area contributed by atoms with Gasteiger partial charge in [0.25, 0.3) is 0 Å². The summed E-state index contributed by atoms with van der Waals surface area (Å²) in [5.74, 6) is 0. The Morgan fingerprint density at radius 2 is 2.00 bits per heavy atom. The molecule has 0 saturated heterocycles. The van der Waals surface area contributed by atoms with Gasteiger partial charge in [0.15, 0.2) is 0 Å². The van der Waals surface area contributed by atoms with E-state index in [-0.39, 0.29) is 0 Å². The van der Waals surface area contributed by atoms with Crippen molar-refractivity contribution in [2.24, 2.45) is 0 Å². The van der Waals surface area contributed by atoms with Crippen molar-refractivity contribution in [3.63, 3.8) is 0 Å². The molecule has 0 aliphatic carbocycles. The van der Waals surface area contributed by atoms with Gasteiger partial charge in [-0.3, -0.25) is 0 Å². The van der Waals surface area contributed by atoms with Crippen LogP contribution in [-0.2, 0) is 16.6 Å². The Morgan fingerprint density at radius 1 is 1.30 bits per heavy atom. The molecule has 0 spiro atoms. The summed E-state index contributed by atoms with van der Waals surface area (Å²) in [6, 6.07) is 1.71. The zero-order chi connectivity index (χ0) is 15.2. The number of thiophene rings is 1. The fraction of sp³-hybridized carbons (Fsp3) is 0.692. The molecule has 1 rings (SSSR count). The Kier molecular flexibility index (Phi) is 7.11. The Hall–Kier alpha value is -0.470. The molecule has 0 radical (unpaired) electrons. The third kappa shape index (κ3) is 4.53. The van der Waals surface area contributed by atoms with Gasteiger partial charge in [-0.2, -0.15) is 4.31 Å². The first kappa shape index (κ1) is 17.6. The number of hydrogen-bond acceptors (Lipinski definition) is 5. The van der Waals surface area contributed by atoms with Gasteiger partial charge in [0.05, 0.1) is 4.90 Å². The monoisotopic (exact) mass is 319 g/mol. The molecular formula is C13H25N3O2S2. The van der Waals surface area contributed by atoms with Crippen LogP contribution in [0.25, 0.3) is 0 Å². The van der Waals surface area contributed by atoms with E-state index in [0.29, 0.717) is 24.5 Å². The topological polar surface area (TPSA) is 52.7 Å². The second kappa shape index (κ2) is 8.09. The van der Waals surface area contributed by atoms with Crippen LogP contribution >= 0.6 is 11.3 Å². The standard InChI is InChI=1S/C13H25N3O2S2/c1-5-16(9-6-8-15(3)4)20(17,18)13-7-10-19-12(13)11-14-2/h7,10,14H,5-6,8-9,11H2,1-4H3. The highest BCUT2D eigenvalue weighted by Gasteiger charge is 2.26. The second-order valence-corrected chi connectivity index (χ2v) is 7.80. The van der Waals surface area contributed by atoms with Crippen molar-refractivity contribution in [1.82, 2.24) is 14.5 Å². The minimum absolute atomic E-state index is 0.448. The van der Waals surface area contributed by atoms with Crippen molar-refractivity contribution in [1.29, 1.82) is 0 Å². The number of sulfonamides is 1. The summed E-state index contributed by atoms with van der Waals surface area (Å²) in [5, 5.41) is 4.86. The van der Waals surface area contributed by atoms with Gasteiger partial charge >= 0.3 is 0 Å². The van der Waals surface area contributed by atoms with Crippen LogP contribution in [0, 0.1) is 0 Å². The van der Waals surface area contributed by atoms with Crippen molar-refractivity contribution < 1.29 is 8.42 Å². The van der Waals surface area contributed by atoms with E-state index in [9.17, 15) is 8.42 Å². The van der Waals surface area contributed by atoms with Crippen LogP contribution in [0.2, 0.25) is 0 Å². The lowest BCUT2D eigenvalue weighted by Crippen LogP contribution is -2.33. The molecule has 0 aromatic carbocycles. The summed E-state index contributed by atoms with van der Waals surface area (Å²) in [5.41, 5.74) is 0. The quantitative estimate of drug-likeness (QED) is 0.748. The molecule has 20 heavy (non-hydrogen) atoms. The summed E-state index contributed by atoms with van der Waals surface area (Å²) < 4.78 is 26.9. The molecule has 0 amide bonds. The van der Waals surface area contributed by atoms with Crippen LogP contribution < -0.4 is 5.32 Å². The zero-order valence-electron chi connectivity index (χ0n) is 12.7. The van der Waals surface area contributed by atoms with Gasteiger partial charge < -0.3 is 10.2 Å². The van der Waals surface area contributed by atoms with E-state index in [1.165, 1.54) is 11.3 Å². The van der Waals surface area contributed by atoms with Crippen molar-refractivity contribution in [3.05, 3.63) is 16.3 Å². The first-order valence-corrected chi connectivity index (χ1v) is 9.11. The lowest BCUT2D eigenvalue weighted by atomic mass is 10.4. The number of hydrogen-bond donors (Lipinski definition) is 1. The molecule has 5 nitrogen and oxygen atoms in total. The number of nitrogens with zero attached hydrogens (tertiary/aromatic N) is 2. The molecule has 0 saturated carbocycles. The number of nitrogens with one attached hydrogen (secondary N) is 1. The van der Waals surface area contributed by atoms with Gasteiger partial charge in [-0.05, 0) is 45.6 Å². The number of rotatable bonds is 9. The van der Waals surface area contributed by atoms with Gasteiger partial charge in [0.1, 0.15) is 0 Å². The third-order valence-corrected chi connectivity index (χ3v) is 6.13. The summed E-state index contributed by atoms with van der Waals surface area (Å²) in [6.45, 7) is 4.42. The highest BCUT2D eigenvalue weighted by Crippen LogP contribution is 2.25. The zero-order valence-corrected chi connectivity index (χ0v) is 14.4. The summed E-state index contributed by atoms with van der Waals surface area (Å²) >= 11 is 1.48. The lowest BCUT2D eigenvalue weighted by Gasteiger charge is -2.21. The molecule has 0 fully saturated rings. The SMILES string of the molecule is CCN(CCCN(C)C)S(=O)(=O)c1ccsc1CNC. The summed E-state index contributed by atoms with van der Waals surface area (Å²) in [7, 11) is 2.44. The fourth-order valence-electron chi connectivity index (χ4n) is 2.00. The molecule has 116 valence electrons. The van der Waals surface area contributed by atoms with Crippen LogP contribution in [0.3, 0.4) is 0 Å². The Morgan fingerprint density at radius 3 is 2.55 bits per heavy atom. The summed E-state index contributed by atoms with van der Waals surface area (Å²) in [6.07, 6.45) is 0.839. The molecule has 0 unspecified atom stereocenters. The van der Waals surface area contributed by atoms with E-state index in [1.54, 1.807) is 10.4 Å². The van der Waals surface area contributed by atoms with E-state index in [1.807, 2.05) is 33.4 Å². The van der Waals surface area contributed by atoms with Crippen molar-refractivity contribution in [2.75, 3.05) is 40.8 Å². The largest absolute Gasteiger partial charge is 0.315 e. The molecule has 7 heteroatoms. The van der Waals surface area contributed by atoms with Crippen LogP contribution in [0.4, 0.5) is 0 Å². The van der Waals surface area contributed by atoms with E-state index >= 15 is 0 Å². The van der Waals surface area contributed by atoms with Crippen molar-refractivity contribution >= 4 is 21.4 Å². The average molecular weight is 319 g/mol. The molecule has 1 aromatic heterocycles. The first-order chi connectivity index (χ1) is 9.43. The highest BCUT2D eigenvalue weighted by atomic mass is 32.2. The fourth-order valence-corrected chi connectivity index (χ4v) is 4.91. The van der Waals surface area contributed by atoms with Gasteiger partial charge in [0.2, 0.25) is 10.0 Å². The maximum Gasteiger partial charge on any atom is 0.244 e.